The Labute approximate surface area is 99.4 Å². The van der Waals surface area contributed by atoms with E-state index in [1.54, 1.807) is 11.8 Å². The molecule has 0 aliphatic rings. The van der Waals surface area contributed by atoms with Gasteiger partial charge in [-0.3, -0.25) is 16.3 Å². The summed E-state index contributed by atoms with van der Waals surface area (Å²) in [5.41, 5.74) is 5.03. The first-order valence-electron chi connectivity index (χ1n) is 5.15. The molecule has 4 heteroatoms. The van der Waals surface area contributed by atoms with E-state index in [-0.39, 0.29) is 6.04 Å². The summed E-state index contributed by atoms with van der Waals surface area (Å²) in [6.07, 6.45) is 3.88. The number of hydrazine groups is 1. The van der Waals surface area contributed by atoms with Crippen LogP contribution in [0.3, 0.4) is 0 Å². The van der Waals surface area contributed by atoms with Crippen LogP contribution in [-0.4, -0.2) is 17.0 Å². The van der Waals surface area contributed by atoms with Crippen LogP contribution in [0.4, 0.5) is 0 Å². The number of thioether (sulfide) groups is 1. The third-order valence-corrected chi connectivity index (χ3v) is 3.23. The van der Waals surface area contributed by atoms with Crippen molar-refractivity contribution in [3.63, 3.8) is 0 Å². The zero-order chi connectivity index (χ0) is 11.4. The minimum atomic E-state index is 0.182. The van der Waals surface area contributed by atoms with Crippen LogP contribution in [-0.2, 0) is 0 Å². The second-order valence-electron chi connectivity index (χ2n) is 3.63. The topological polar surface area (TPSA) is 50.9 Å². The van der Waals surface area contributed by atoms with Crippen LogP contribution in [0.2, 0.25) is 0 Å². The molecule has 1 atom stereocenters. The predicted molar refractivity (Wildman–Crippen MR) is 70.2 cm³/mol. The van der Waals surface area contributed by atoms with Gasteiger partial charge in [0.15, 0.2) is 0 Å². The van der Waals surface area contributed by atoms with Crippen LogP contribution < -0.4 is 11.3 Å². The number of fused-ring (bicyclic) bond motifs is 1. The molecule has 0 amide bonds. The smallest absolute Gasteiger partial charge is 0.0705 e. The van der Waals surface area contributed by atoms with Gasteiger partial charge >= 0.3 is 0 Å². The summed E-state index contributed by atoms with van der Waals surface area (Å²) in [6, 6.07) is 10.5. The zero-order valence-corrected chi connectivity index (χ0v) is 10.00. The third kappa shape index (κ3) is 2.35. The molecular formula is C12H15N3S. The Balaban J connectivity index is 2.37. The third-order valence-electron chi connectivity index (χ3n) is 2.57. The number of hydrogen-bond donors (Lipinski definition) is 2. The first kappa shape index (κ1) is 11.4. The van der Waals surface area contributed by atoms with E-state index in [0.717, 1.165) is 16.7 Å². The van der Waals surface area contributed by atoms with Crippen LogP contribution >= 0.6 is 11.8 Å². The number of nitrogens with zero attached hydrogens (tertiary/aromatic N) is 1. The Morgan fingerprint density at radius 2 is 2.31 bits per heavy atom. The van der Waals surface area contributed by atoms with Crippen molar-refractivity contribution in [1.82, 2.24) is 10.4 Å². The van der Waals surface area contributed by atoms with Gasteiger partial charge in [0, 0.05) is 17.3 Å². The minimum Gasteiger partial charge on any atom is -0.271 e. The number of aromatic nitrogens is 1. The van der Waals surface area contributed by atoms with Gasteiger partial charge in [-0.25, -0.2) is 0 Å². The van der Waals surface area contributed by atoms with Crippen molar-refractivity contribution >= 4 is 22.7 Å². The minimum absolute atomic E-state index is 0.182. The van der Waals surface area contributed by atoms with E-state index in [4.69, 9.17) is 5.84 Å². The molecule has 1 unspecified atom stereocenters. The van der Waals surface area contributed by atoms with Crippen LogP contribution in [0.15, 0.2) is 36.5 Å². The summed E-state index contributed by atoms with van der Waals surface area (Å²) in [6.45, 7) is 0. The van der Waals surface area contributed by atoms with Crippen LogP contribution in [0.1, 0.15) is 11.6 Å². The number of pyridine rings is 1. The largest absolute Gasteiger partial charge is 0.271 e. The van der Waals surface area contributed by atoms with E-state index < -0.39 is 0 Å². The molecule has 1 heterocycles. The molecule has 0 saturated carbocycles. The molecule has 0 aliphatic heterocycles. The Kier molecular flexibility index (Phi) is 3.77. The maximum Gasteiger partial charge on any atom is 0.0705 e. The van der Waals surface area contributed by atoms with Gasteiger partial charge in [0.1, 0.15) is 0 Å². The highest BCUT2D eigenvalue weighted by Gasteiger charge is 2.09. The molecule has 84 valence electrons. The number of nitrogens with two attached hydrogens (primary N) is 1. The van der Waals surface area contributed by atoms with Crippen molar-refractivity contribution in [3.05, 3.63) is 42.1 Å². The second-order valence-corrected chi connectivity index (χ2v) is 4.54. The summed E-state index contributed by atoms with van der Waals surface area (Å²) in [7, 11) is 0. The molecule has 0 saturated heterocycles. The summed E-state index contributed by atoms with van der Waals surface area (Å²) in [5, 5.41) is 1.16. The molecule has 2 rings (SSSR count). The van der Waals surface area contributed by atoms with Crippen molar-refractivity contribution in [2.75, 3.05) is 12.0 Å². The Morgan fingerprint density at radius 3 is 3.06 bits per heavy atom. The average molecular weight is 233 g/mol. The summed E-state index contributed by atoms with van der Waals surface area (Å²) in [5.74, 6) is 6.50. The van der Waals surface area contributed by atoms with Crippen LogP contribution in [0.25, 0.3) is 10.9 Å². The van der Waals surface area contributed by atoms with Crippen molar-refractivity contribution < 1.29 is 0 Å². The predicted octanol–water partition coefficient (Wildman–Crippen LogP) is 2.10. The molecule has 3 nitrogen and oxygen atoms in total. The van der Waals surface area contributed by atoms with Crippen molar-refractivity contribution in [3.8, 4) is 0 Å². The average Bonchev–Trinajstić information content (AvgIpc) is 2.35. The highest BCUT2D eigenvalue weighted by atomic mass is 32.2. The highest BCUT2D eigenvalue weighted by molar-refractivity contribution is 7.98. The highest BCUT2D eigenvalue weighted by Crippen LogP contribution is 2.20. The molecule has 0 fully saturated rings. The molecule has 0 bridgehead atoms. The fourth-order valence-corrected chi connectivity index (χ4v) is 2.33. The van der Waals surface area contributed by atoms with Gasteiger partial charge in [-0.1, -0.05) is 18.2 Å². The lowest BCUT2D eigenvalue weighted by Gasteiger charge is -2.15. The summed E-state index contributed by atoms with van der Waals surface area (Å²) < 4.78 is 0. The Hall–Kier alpha value is -1.10. The van der Waals surface area contributed by atoms with Gasteiger partial charge in [-0.2, -0.15) is 11.8 Å². The molecule has 1 aromatic heterocycles. The van der Waals surface area contributed by atoms with E-state index in [1.165, 1.54) is 5.56 Å². The molecule has 3 N–H and O–H groups in total. The van der Waals surface area contributed by atoms with Gasteiger partial charge in [0.2, 0.25) is 0 Å². The van der Waals surface area contributed by atoms with E-state index in [9.17, 15) is 0 Å². The van der Waals surface area contributed by atoms with Gasteiger partial charge in [-0.05, 0) is 24.0 Å². The number of benzene rings is 1. The van der Waals surface area contributed by atoms with Crippen molar-refractivity contribution in [1.29, 1.82) is 0 Å². The lowest BCUT2D eigenvalue weighted by Crippen LogP contribution is -2.29. The maximum absolute atomic E-state index is 5.55. The van der Waals surface area contributed by atoms with E-state index in [0.29, 0.717) is 0 Å². The lowest BCUT2D eigenvalue weighted by molar-refractivity contribution is 0.611. The number of hydrogen-bond acceptors (Lipinski definition) is 4. The van der Waals surface area contributed by atoms with E-state index >= 15 is 0 Å². The quantitative estimate of drug-likeness (QED) is 0.627. The standard InChI is InChI=1S/C12H15N3S/c1-16-8-12(15-13)10-5-4-9-3-2-6-14-11(9)7-10/h2-7,12,15H,8,13H2,1H3. The first-order chi connectivity index (χ1) is 7.85. The molecule has 1 aromatic carbocycles. The maximum atomic E-state index is 5.55. The van der Waals surface area contributed by atoms with Gasteiger partial charge in [-0.15, -0.1) is 0 Å². The van der Waals surface area contributed by atoms with Crippen molar-refractivity contribution in [2.24, 2.45) is 5.84 Å². The van der Waals surface area contributed by atoms with Crippen LogP contribution in [0, 0.1) is 0 Å². The molecule has 16 heavy (non-hydrogen) atoms. The Morgan fingerprint density at radius 1 is 1.44 bits per heavy atom. The lowest BCUT2D eigenvalue weighted by atomic mass is 10.1. The first-order valence-corrected chi connectivity index (χ1v) is 6.54. The zero-order valence-electron chi connectivity index (χ0n) is 9.18. The normalized spacial score (nSPS) is 12.9. The van der Waals surface area contributed by atoms with Gasteiger partial charge in [0.05, 0.1) is 11.6 Å². The van der Waals surface area contributed by atoms with Crippen molar-refractivity contribution in [2.45, 2.75) is 6.04 Å². The molecule has 2 aromatic rings. The number of rotatable bonds is 4. The second kappa shape index (κ2) is 5.30. The fraction of sp³-hybridized carbons (Fsp3) is 0.250. The van der Waals surface area contributed by atoms with Crippen LogP contribution in [0.5, 0.6) is 0 Å². The molecule has 0 spiro atoms. The van der Waals surface area contributed by atoms with E-state index in [1.807, 2.05) is 12.3 Å². The molecular weight excluding hydrogens is 218 g/mol. The Bertz CT molecular complexity index is 473. The number of nitrogens with one attached hydrogen (secondary N) is 1. The van der Waals surface area contributed by atoms with Gasteiger partial charge < -0.3 is 0 Å². The summed E-state index contributed by atoms with van der Waals surface area (Å²) in [4.78, 5) is 4.34. The fourth-order valence-electron chi connectivity index (χ4n) is 1.71. The molecule has 0 aliphatic carbocycles. The summed E-state index contributed by atoms with van der Waals surface area (Å²) >= 11 is 1.77. The van der Waals surface area contributed by atoms with E-state index in [2.05, 4.69) is 40.9 Å². The van der Waals surface area contributed by atoms with Gasteiger partial charge in [0.25, 0.3) is 0 Å². The molecule has 0 radical (unpaired) electrons. The monoisotopic (exact) mass is 233 g/mol. The SMILES string of the molecule is CSCC(NN)c1ccc2cccnc2c1.